The van der Waals surface area contributed by atoms with Gasteiger partial charge in [0.1, 0.15) is 17.2 Å². The molecule has 6 fully saturated rings. The highest BCUT2D eigenvalue weighted by molar-refractivity contribution is 5.60. The predicted octanol–water partition coefficient (Wildman–Crippen LogP) is 4.95. The quantitative estimate of drug-likeness (QED) is 0.159. The number of benzene rings is 3. The van der Waals surface area contributed by atoms with Gasteiger partial charge in [0.05, 0.1) is 0 Å². The van der Waals surface area contributed by atoms with Gasteiger partial charge in [0.2, 0.25) is 0 Å². The number of hydrogen-bond acceptors (Lipinski definition) is 14. The number of aryl methyl sites for hydroxylation is 1. The number of nitrogens with zero attached hydrogens (tertiary/aromatic N) is 11. The lowest BCUT2D eigenvalue weighted by molar-refractivity contribution is 0.128. The Hall–Kier alpha value is -3.38. The molecule has 6 saturated heterocycles. The molecule has 0 saturated carbocycles. The van der Waals surface area contributed by atoms with Gasteiger partial charge in [-0.25, -0.2) is 0 Å². The second-order valence-corrected chi connectivity index (χ2v) is 24.9. The molecule has 410 valence electrons. The molecule has 0 spiro atoms. The first-order valence-corrected chi connectivity index (χ1v) is 28.8. The molecular formula is C60H97N11O3. The lowest BCUT2D eigenvalue weighted by atomic mass is 9.68. The Bertz CT molecular complexity index is 2110. The van der Waals surface area contributed by atoms with Crippen molar-refractivity contribution < 1.29 is 15.3 Å². The van der Waals surface area contributed by atoms with E-state index in [1.807, 2.05) is 0 Å². The summed E-state index contributed by atoms with van der Waals surface area (Å²) in [5.41, 5.74) is 9.04. The molecule has 0 atom stereocenters. The van der Waals surface area contributed by atoms with E-state index in [-0.39, 0.29) is 0 Å². The minimum Gasteiger partial charge on any atom is -0.507 e. The van der Waals surface area contributed by atoms with Gasteiger partial charge in [0.25, 0.3) is 0 Å². The second kappa shape index (κ2) is 24.5. The van der Waals surface area contributed by atoms with Crippen molar-refractivity contribution in [1.29, 1.82) is 0 Å². The summed E-state index contributed by atoms with van der Waals surface area (Å²) in [5, 5.41) is 37.9. The molecule has 0 unspecified atom stereocenters. The summed E-state index contributed by atoms with van der Waals surface area (Å²) in [6.07, 6.45) is 5.40. The monoisotopic (exact) mass is 1020 g/mol. The van der Waals surface area contributed by atoms with Crippen molar-refractivity contribution in [2.75, 3.05) is 186 Å². The fourth-order valence-corrected chi connectivity index (χ4v) is 12.8. The molecule has 3 N–H and O–H groups in total. The van der Waals surface area contributed by atoms with Crippen molar-refractivity contribution in [3.8, 4) is 17.2 Å². The lowest BCUT2D eigenvalue weighted by Gasteiger charge is -2.38. The zero-order valence-electron chi connectivity index (χ0n) is 47.4. The first-order valence-electron chi connectivity index (χ1n) is 28.8. The third kappa shape index (κ3) is 13.6. The average Bonchev–Trinajstić information content (AvgIpc) is 3.39. The predicted molar refractivity (Wildman–Crippen MR) is 302 cm³/mol. The zero-order chi connectivity index (χ0) is 52.1. The fraction of sp³-hybridized carbons (Fsp3) is 0.700. The fourth-order valence-electron chi connectivity index (χ4n) is 12.8. The van der Waals surface area contributed by atoms with Crippen LogP contribution in [0.5, 0.6) is 17.2 Å². The van der Waals surface area contributed by atoms with Crippen LogP contribution >= 0.6 is 0 Å². The van der Waals surface area contributed by atoms with E-state index in [2.05, 4.69) is 146 Å². The average molecular weight is 1020 g/mol. The molecule has 0 amide bonds. The first kappa shape index (κ1) is 55.4. The van der Waals surface area contributed by atoms with Crippen LogP contribution in [0.25, 0.3) is 0 Å². The topological polar surface area (TPSA) is 96.3 Å². The molecular weight excluding hydrogens is 923 g/mol. The first-order chi connectivity index (χ1) is 35.5. The lowest BCUT2D eigenvalue weighted by Crippen LogP contribution is -2.44. The molecule has 6 heterocycles. The number of phenols is 3. The Morgan fingerprint density at radius 2 is 0.595 bits per heavy atom. The van der Waals surface area contributed by atoms with E-state index in [1.165, 1.54) is 18.4 Å². The van der Waals surface area contributed by atoms with Gasteiger partial charge in [-0.2, -0.15) is 0 Å². The van der Waals surface area contributed by atoms with Gasteiger partial charge in [-0.05, 0) is 152 Å². The molecule has 6 aliphatic heterocycles. The van der Waals surface area contributed by atoms with Crippen molar-refractivity contribution in [3.63, 3.8) is 0 Å². The molecule has 9 rings (SSSR count). The van der Waals surface area contributed by atoms with Crippen molar-refractivity contribution in [2.24, 2.45) is 5.41 Å². The molecule has 0 aromatic heterocycles. The van der Waals surface area contributed by atoms with Gasteiger partial charge in [0, 0.05) is 197 Å². The normalized spacial score (nSPS) is 23.0. The summed E-state index contributed by atoms with van der Waals surface area (Å²) in [6.45, 7) is 30.3. The van der Waals surface area contributed by atoms with E-state index in [1.54, 1.807) is 0 Å². The Kier molecular flexibility index (Phi) is 18.4. The maximum atomic E-state index is 12.6. The summed E-state index contributed by atoms with van der Waals surface area (Å²) < 4.78 is 0. The van der Waals surface area contributed by atoms with E-state index in [0.29, 0.717) is 55.4 Å². The molecule has 14 heteroatoms. The van der Waals surface area contributed by atoms with E-state index in [4.69, 9.17) is 0 Å². The highest BCUT2D eigenvalue weighted by Gasteiger charge is 2.37. The van der Waals surface area contributed by atoms with E-state index in [9.17, 15) is 15.3 Å². The largest absolute Gasteiger partial charge is 0.507 e. The zero-order valence-corrected chi connectivity index (χ0v) is 47.4. The molecule has 0 bridgehead atoms. The van der Waals surface area contributed by atoms with Crippen molar-refractivity contribution in [3.05, 3.63) is 86.5 Å². The number of phenolic OH excluding ortho intramolecular Hbond substituents is 3. The second-order valence-electron chi connectivity index (χ2n) is 24.9. The molecule has 3 aromatic rings. The van der Waals surface area contributed by atoms with Crippen LogP contribution in [-0.2, 0) is 44.6 Å². The van der Waals surface area contributed by atoms with Crippen LogP contribution < -0.4 is 0 Å². The van der Waals surface area contributed by atoms with Gasteiger partial charge < -0.3 is 44.7 Å². The third-order valence-corrected chi connectivity index (χ3v) is 18.9. The summed E-state index contributed by atoms with van der Waals surface area (Å²) in [4.78, 5) is 27.1. The highest BCUT2D eigenvalue weighted by Crippen LogP contribution is 2.47. The van der Waals surface area contributed by atoms with Crippen LogP contribution in [0.15, 0.2) is 36.4 Å². The number of likely N-dealkylation sites (tertiary alicyclic amines) is 1. The van der Waals surface area contributed by atoms with Crippen molar-refractivity contribution >= 4 is 0 Å². The van der Waals surface area contributed by atoms with Crippen LogP contribution in [0, 0.1) is 5.41 Å². The summed E-state index contributed by atoms with van der Waals surface area (Å²) in [7, 11) is 13.3. The Balaban J connectivity index is 1.22. The standard InChI is InChI=1S/C60H97N11O3/c1-59(12-14-61(3)15-13-59)11-9-10-47-36-53(37-48(56(47)72)42-67-26-16-62(4)17-27-67)60(2,54-38-49(43-68-28-18-63(5)19-29-68)57(73)50(39-54)44-69-30-20-64(6)21-31-69)55-40-51(45-70-32-22-65(7)23-33-70)58(74)52(41-55)46-71-34-24-66(8)25-35-71/h36-41,72-74H,9-35,42-46H2,1-8H3. The van der Waals surface area contributed by atoms with E-state index < -0.39 is 5.41 Å². The van der Waals surface area contributed by atoms with Crippen LogP contribution in [-0.4, -0.2) is 255 Å². The number of likely N-dealkylation sites (N-methyl/N-ethyl adjacent to an activating group) is 5. The molecule has 0 aliphatic carbocycles. The number of hydrogen-bond donors (Lipinski definition) is 3. The van der Waals surface area contributed by atoms with Gasteiger partial charge in [-0.15, -0.1) is 0 Å². The van der Waals surface area contributed by atoms with Crippen LogP contribution in [0.4, 0.5) is 0 Å². The maximum Gasteiger partial charge on any atom is 0.124 e. The van der Waals surface area contributed by atoms with Crippen molar-refractivity contribution in [2.45, 2.75) is 84.1 Å². The highest BCUT2D eigenvalue weighted by atomic mass is 16.3. The van der Waals surface area contributed by atoms with Gasteiger partial charge in [-0.3, -0.25) is 24.5 Å². The minimum atomic E-state index is -0.734. The molecule has 74 heavy (non-hydrogen) atoms. The minimum absolute atomic E-state index is 0.301. The molecule has 6 aliphatic rings. The van der Waals surface area contributed by atoms with Gasteiger partial charge >= 0.3 is 0 Å². The number of piperidine rings is 1. The Labute approximate surface area is 447 Å². The van der Waals surface area contributed by atoms with Crippen molar-refractivity contribution in [1.82, 2.24) is 53.9 Å². The third-order valence-electron chi connectivity index (χ3n) is 18.9. The van der Waals surface area contributed by atoms with Gasteiger partial charge in [-0.1, -0.05) is 13.0 Å². The van der Waals surface area contributed by atoms with E-state index >= 15 is 0 Å². The van der Waals surface area contributed by atoms with Gasteiger partial charge in [0.15, 0.2) is 0 Å². The molecule has 0 radical (unpaired) electrons. The summed E-state index contributed by atoms with van der Waals surface area (Å²) in [5.74, 6) is 1.31. The van der Waals surface area contributed by atoms with Crippen LogP contribution in [0.2, 0.25) is 0 Å². The number of piperazine rings is 5. The number of aromatic hydroxyl groups is 3. The smallest absolute Gasteiger partial charge is 0.124 e. The Morgan fingerprint density at radius 3 is 0.865 bits per heavy atom. The van der Waals surface area contributed by atoms with Crippen LogP contribution in [0.1, 0.15) is 89.6 Å². The molecule has 3 aromatic carbocycles. The number of rotatable bonds is 17. The summed E-state index contributed by atoms with van der Waals surface area (Å²) in [6, 6.07) is 14.1. The Morgan fingerprint density at radius 1 is 0.365 bits per heavy atom. The van der Waals surface area contributed by atoms with E-state index in [0.717, 1.165) is 208 Å². The SMILES string of the molecule is CN1CCN(Cc2cc(C(C)(c3cc(CN4CCN(C)CC4)c(O)c(CN4CCN(C)CC4)c3)c3cc(CN4CCN(C)CC4)c(O)c(CN4CCN(C)CC4)c3)cc(CCCC3(C)CCN(C)CC3)c2O)CC1. The summed E-state index contributed by atoms with van der Waals surface area (Å²) >= 11 is 0. The maximum absolute atomic E-state index is 12.6. The van der Waals surface area contributed by atoms with Crippen LogP contribution in [0.3, 0.4) is 0 Å². The molecule has 14 nitrogen and oxygen atoms in total.